The second-order valence-electron chi connectivity index (χ2n) is 16.3. The summed E-state index contributed by atoms with van der Waals surface area (Å²) in [7, 11) is 0. The molecule has 0 aliphatic carbocycles. The Morgan fingerprint density at radius 2 is 0.680 bits per heavy atom. The zero-order valence-corrected chi connectivity index (χ0v) is 34.0. The van der Waals surface area contributed by atoms with Crippen LogP contribution in [0.1, 0.15) is 252 Å². The quantitative estimate of drug-likeness (QED) is 0.0474. The van der Waals surface area contributed by atoms with Crippen LogP contribution in [0.3, 0.4) is 0 Å². The van der Waals surface area contributed by atoms with Crippen LogP contribution in [0.25, 0.3) is 0 Å². The number of ketones is 1. The van der Waals surface area contributed by atoms with Crippen molar-refractivity contribution in [2.24, 2.45) is 5.92 Å². The van der Waals surface area contributed by atoms with Gasteiger partial charge in [-0.15, -0.1) is 0 Å². The highest BCUT2D eigenvalue weighted by Gasteiger charge is 2.28. The van der Waals surface area contributed by atoms with E-state index < -0.39 is 30.2 Å². The third-order valence-corrected chi connectivity index (χ3v) is 11.3. The van der Waals surface area contributed by atoms with Gasteiger partial charge in [-0.1, -0.05) is 233 Å². The van der Waals surface area contributed by atoms with Crippen molar-refractivity contribution in [2.45, 2.75) is 276 Å². The number of carbonyl (C=O) groups is 1. The predicted molar refractivity (Wildman–Crippen MR) is 216 cm³/mol. The van der Waals surface area contributed by atoms with E-state index in [1.807, 2.05) is 0 Å². The average molecular weight is 711 g/mol. The molecule has 0 radical (unpaired) electrons. The van der Waals surface area contributed by atoms with Gasteiger partial charge in [0.15, 0.2) is 5.78 Å². The summed E-state index contributed by atoms with van der Waals surface area (Å²) in [6, 6.07) is 0. The molecule has 0 heterocycles. The third kappa shape index (κ3) is 33.4. The van der Waals surface area contributed by atoms with Gasteiger partial charge in [0.05, 0.1) is 12.2 Å². The number of unbranched alkanes of at least 4 members (excludes halogenated alkanes) is 29. The van der Waals surface area contributed by atoms with Crippen molar-refractivity contribution in [1.29, 1.82) is 0 Å². The van der Waals surface area contributed by atoms with Crippen molar-refractivity contribution < 1.29 is 25.2 Å². The maximum atomic E-state index is 12.4. The molecular formula is C45H90O5. The number of aliphatic hydroxyl groups excluding tert-OH is 4. The number of aliphatic hydroxyl groups is 4. The summed E-state index contributed by atoms with van der Waals surface area (Å²) in [6.45, 7) is 6.89. The maximum absolute atomic E-state index is 12.4. The van der Waals surface area contributed by atoms with Gasteiger partial charge in [0.1, 0.15) is 12.2 Å². The van der Waals surface area contributed by atoms with Crippen molar-refractivity contribution in [1.82, 2.24) is 0 Å². The molecule has 0 fully saturated rings. The maximum Gasteiger partial charge on any atom is 0.189 e. The summed E-state index contributed by atoms with van der Waals surface area (Å²) in [4.78, 5) is 12.4. The van der Waals surface area contributed by atoms with Crippen molar-refractivity contribution >= 4 is 5.78 Å². The minimum absolute atomic E-state index is 0.215. The first-order chi connectivity index (χ1) is 24.3. The van der Waals surface area contributed by atoms with Crippen LogP contribution in [0.4, 0.5) is 0 Å². The van der Waals surface area contributed by atoms with E-state index in [1.54, 1.807) is 0 Å². The summed E-state index contributed by atoms with van der Waals surface area (Å²) >= 11 is 0. The van der Waals surface area contributed by atoms with Crippen LogP contribution >= 0.6 is 0 Å². The van der Waals surface area contributed by atoms with Crippen molar-refractivity contribution in [3.8, 4) is 0 Å². The number of hydrogen-bond acceptors (Lipinski definition) is 5. The highest BCUT2D eigenvalue weighted by atomic mass is 16.3. The lowest BCUT2D eigenvalue weighted by Crippen LogP contribution is -2.38. The number of carbonyl (C=O) groups excluding carboxylic acids is 1. The van der Waals surface area contributed by atoms with E-state index in [9.17, 15) is 25.2 Å². The molecule has 5 atom stereocenters. The van der Waals surface area contributed by atoms with Gasteiger partial charge < -0.3 is 20.4 Å². The molecule has 300 valence electrons. The summed E-state index contributed by atoms with van der Waals surface area (Å²) in [6.07, 6.45) is 38.5. The Morgan fingerprint density at radius 1 is 0.380 bits per heavy atom. The number of hydrogen-bond donors (Lipinski definition) is 4. The van der Waals surface area contributed by atoms with Gasteiger partial charge in [-0.3, -0.25) is 4.79 Å². The molecule has 0 saturated heterocycles. The first-order valence-electron chi connectivity index (χ1n) is 22.6. The highest BCUT2D eigenvalue weighted by molar-refractivity contribution is 5.86. The number of rotatable bonds is 41. The van der Waals surface area contributed by atoms with Gasteiger partial charge in [0.25, 0.3) is 0 Å². The smallest absolute Gasteiger partial charge is 0.189 e. The van der Waals surface area contributed by atoms with Crippen molar-refractivity contribution in [2.75, 3.05) is 0 Å². The van der Waals surface area contributed by atoms with E-state index in [-0.39, 0.29) is 6.42 Å². The molecule has 50 heavy (non-hydrogen) atoms. The van der Waals surface area contributed by atoms with E-state index in [2.05, 4.69) is 20.8 Å². The lowest BCUT2D eigenvalue weighted by molar-refractivity contribution is -0.138. The lowest BCUT2D eigenvalue weighted by atomic mass is 9.95. The molecule has 0 aromatic rings. The summed E-state index contributed by atoms with van der Waals surface area (Å²) in [5.74, 6) is 0.233. The van der Waals surface area contributed by atoms with Crippen LogP contribution < -0.4 is 0 Å². The summed E-state index contributed by atoms with van der Waals surface area (Å²) in [5, 5.41) is 41.2. The zero-order valence-electron chi connectivity index (χ0n) is 34.0. The van der Waals surface area contributed by atoms with E-state index in [0.29, 0.717) is 12.8 Å². The number of Topliss-reactive ketones (excluding diaryl/α,β-unsaturated/α-hetero) is 1. The molecular weight excluding hydrogens is 620 g/mol. The van der Waals surface area contributed by atoms with Gasteiger partial charge >= 0.3 is 0 Å². The van der Waals surface area contributed by atoms with Gasteiger partial charge in [0.2, 0.25) is 0 Å². The van der Waals surface area contributed by atoms with Gasteiger partial charge in [-0.25, -0.2) is 0 Å². The molecule has 4 N–H and O–H groups in total. The topological polar surface area (TPSA) is 98.0 Å². The van der Waals surface area contributed by atoms with Gasteiger partial charge in [-0.2, -0.15) is 0 Å². The summed E-state index contributed by atoms with van der Waals surface area (Å²) in [5.41, 5.74) is 0. The van der Waals surface area contributed by atoms with Crippen LogP contribution in [0, 0.1) is 5.92 Å². The Kier molecular flexibility index (Phi) is 37.9. The van der Waals surface area contributed by atoms with Crippen LogP contribution in [0.5, 0.6) is 0 Å². The standard InChI is InChI=1S/C45H90O5/c1-4-6-7-8-9-10-11-12-13-14-15-16-17-18-19-20-21-22-25-29-32-35-38-42(47)45(50)44(49)39-43(48)41(46)37-34-31-28-26-23-24-27-30-33-36-40(3)5-2/h40-44,46-49H,4-39H2,1-3H3/t40?,41?,42?,43?,44-/m1/s1. The fraction of sp³-hybridized carbons (Fsp3) is 0.978. The first-order valence-corrected chi connectivity index (χ1v) is 22.6. The lowest BCUT2D eigenvalue weighted by Gasteiger charge is -2.21. The predicted octanol–water partition coefficient (Wildman–Crippen LogP) is 12.7. The van der Waals surface area contributed by atoms with Crippen LogP contribution in [-0.2, 0) is 4.79 Å². The molecule has 4 unspecified atom stereocenters. The Bertz CT molecular complexity index is 684. The first kappa shape index (κ1) is 49.5. The molecule has 0 aromatic heterocycles. The Hall–Kier alpha value is -0.490. The molecule has 0 saturated carbocycles. The molecule has 0 bridgehead atoms. The van der Waals surface area contributed by atoms with E-state index in [0.717, 1.165) is 44.4 Å². The second kappa shape index (κ2) is 38.2. The van der Waals surface area contributed by atoms with E-state index >= 15 is 0 Å². The molecule has 0 amide bonds. The van der Waals surface area contributed by atoms with Gasteiger partial charge in [0, 0.05) is 6.42 Å². The molecule has 0 aliphatic rings. The van der Waals surface area contributed by atoms with Crippen LogP contribution in [0.2, 0.25) is 0 Å². The monoisotopic (exact) mass is 711 g/mol. The third-order valence-electron chi connectivity index (χ3n) is 11.3. The van der Waals surface area contributed by atoms with Crippen LogP contribution in [0.15, 0.2) is 0 Å². The fourth-order valence-electron chi connectivity index (χ4n) is 7.29. The van der Waals surface area contributed by atoms with Crippen LogP contribution in [-0.4, -0.2) is 50.6 Å². The molecule has 5 heteroatoms. The normalized spacial score (nSPS) is 14.9. The molecule has 5 nitrogen and oxygen atoms in total. The van der Waals surface area contributed by atoms with E-state index in [1.165, 1.54) is 173 Å². The van der Waals surface area contributed by atoms with Crippen molar-refractivity contribution in [3.63, 3.8) is 0 Å². The average Bonchev–Trinajstić information content (AvgIpc) is 3.11. The molecule has 0 rings (SSSR count). The SMILES string of the molecule is CCCCCCCCCCCCCCCCCCCCCCCCC(O)C(=O)[C@H](O)CC(O)C(O)CCCCCCCCCCCC(C)CC. The van der Waals surface area contributed by atoms with Crippen molar-refractivity contribution in [3.05, 3.63) is 0 Å². The largest absolute Gasteiger partial charge is 0.390 e. The zero-order chi connectivity index (χ0) is 36.9. The Morgan fingerprint density at radius 3 is 1.02 bits per heavy atom. The fourth-order valence-corrected chi connectivity index (χ4v) is 7.29. The molecule has 0 aliphatic heterocycles. The highest BCUT2D eigenvalue weighted by Crippen LogP contribution is 2.19. The minimum Gasteiger partial charge on any atom is -0.390 e. The molecule has 0 spiro atoms. The summed E-state index contributed by atoms with van der Waals surface area (Å²) < 4.78 is 0. The Balaban J connectivity index is 3.57. The molecule has 0 aromatic carbocycles. The second-order valence-corrected chi connectivity index (χ2v) is 16.3. The minimum atomic E-state index is -1.43. The Labute approximate surface area is 312 Å². The van der Waals surface area contributed by atoms with Gasteiger partial charge in [-0.05, 0) is 18.8 Å². The van der Waals surface area contributed by atoms with E-state index in [4.69, 9.17) is 0 Å².